The Balaban J connectivity index is 1.72. The number of rotatable bonds is 7. The van der Waals surface area contributed by atoms with Gasteiger partial charge in [-0.2, -0.15) is 0 Å². The second-order valence-corrected chi connectivity index (χ2v) is 9.05. The third-order valence-electron chi connectivity index (χ3n) is 5.74. The number of aromatic nitrogens is 2. The number of nitrogens with one attached hydrogen (secondary N) is 1. The summed E-state index contributed by atoms with van der Waals surface area (Å²) in [5.41, 5.74) is 1.13. The van der Waals surface area contributed by atoms with E-state index in [0.717, 1.165) is 54.6 Å². The van der Waals surface area contributed by atoms with Crippen LogP contribution >= 0.6 is 11.3 Å². The molecule has 1 atom stereocenters. The molecule has 28 heavy (non-hydrogen) atoms. The molecule has 2 aromatic rings. The van der Waals surface area contributed by atoms with Crippen LogP contribution in [0.3, 0.4) is 0 Å². The van der Waals surface area contributed by atoms with Gasteiger partial charge in [-0.25, -0.2) is 4.98 Å². The first-order valence-electron chi connectivity index (χ1n) is 10.3. The summed E-state index contributed by atoms with van der Waals surface area (Å²) < 4.78 is 5.13. The molecule has 0 spiro atoms. The third-order valence-corrected chi connectivity index (χ3v) is 6.78. The average Bonchev–Trinajstić information content (AvgIpc) is 2.98. The third kappa shape index (κ3) is 4.63. The SMILES string of the molecule is CCOC(=O)C1CCN(Cc2nc3sc(C)c(C[C@H](C)CC)c3c(=O)[nH]2)CC1. The van der Waals surface area contributed by atoms with Crippen LogP contribution in [0.25, 0.3) is 10.2 Å². The second kappa shape index (κ2) is 9.18. The molecule has 3 heterocycles. The van der Waals surface area contributed by atoms with Crippen molar-refractivity contribution in [2.24, 2.45) is 11.8 Å². The minimum absolute atomic E-state index is 0.00579. The van der Waals surface area contributed by atoms with Crippen molar-refractivity contribution < 1.29 is 9.53 Å². The minimum atomic E-state index is -0.0852. The van der Waals surface area contributed by atoms with Gasteiger partial charge < -0.3 is 9.72 Å². The zero-order chi connectivity index (χ0) is 20.3. The lowest BCUT2D eigenvalue weighted by molar-refractivity contribution is -0.149. The Hall–Kier alpha value is -1.73. The molecule has 0 saturated carbocycles. The number of aryl methyl sites for hydroxylation is 1. The summed E-state index contributed by atoms with van der Waals surface area (Å²) in [5.74, 6) is 1.17. The van der Waals surface area contributed by atoms with E-state index >= 15 is 0 Å². The van der Waals surface area contributed by atoms with Gasteiger partial charge in [-0.05, 0) is 57.7 Å². The van der Waals surface area contributed by atoms with Crippen LogP contribution in [0.2, 0.25) is 0 Å². The maximum Gasteiger partial charge on any atom is 0.309 e. The van der Waals surface area contributed by atoms with Crippen molar-refractivity contribution in [2.75, 3.05) is 19.7 Å². The number of hydrogen-bond donors (Lipinski definition) is 1. The molecule has 0 radical (unpaired) electrons. The van der Waals surface area contributed by atoms with Crippen molar-refractivity contribution in [2.45, 2.75) is 59.9 Å². The first-order chi connectivity index (χ1) is 13.4. The van der Waals surface area contributed by atoms with E-state index in [1.165, 1.54) is 4.88 Å². The fourth-order valence-electron chi connectivity index (χ4n) is 3.83. The molecule has 0 aliphatic carbocycles. The summed E-state index contributed by atoms with van der Waals surface area (Å²) in [6.45, 7) is 11.0. The number of esters is 1. The largest absolute Gasteiger partial charge is 0.466 e. The maximum absolute atomic E-state index is 12.8. The fourth-order valence-corrected chi connectivity index (χ4v) is 4.90. The number of nitrogens with zero attached hydrogens (tertiary/aromatic N) is 2. The van der Waals surface area contributed by atoms with Gasteiger partial charge >= 0.3 is 5.97 Å². The van der Waals surface area contributed by atoms with E-state index in [1.807, 2.05) is 6.92 Å². The van der Waals surface area contributed by atoms with Crippen molar-refractivity contribution in [3.63, 3.8) is 0 Å². The van der Waals surface area contributed by atoms with Crippen molar-refractivity contribution in [3.8, 4) is 0 Å². The monoisotopic (exact) mass is 405 g/mol. The van der Waals surface area contributed by atoms with E-state index in [4.69, 9.17) is 9.72 Å². The van der Waals surface area contributed by atoms with Crippen molar-refractivity contribution in [1.82, 2.24) is 14.9 Å². The lowest BCUT2D eigenvalue weighted by Crippen LogP contribution is -2.37. The van der Waals surface area contributed by atoms with E-state index in [9.17, 15) is 9.59 Å². The Morgan fingerprint density at radius 2 is 2.07 bits per heavy atom. The first kappa shape index (κ1) is 21.0. The van der Waals surface area contributed by atoms with E-state index < -0.39 is 0 Å². The molecule has 3 rings (SSSR count). The number of hydrogen-bond acceptors (Lipinski definition) is 6. The number of aromatic amines is 1. The summed E-state index contributed by atoms with van der Waals surface area (Å²) in [7, 11) is 0. The molecule has 0 amide bonds. The molecule has 1 saturated heterocycles. The number of carbonyl (C=O) groups is 1. The van der Waals surface area contributed by atoms with Crippen molar-refractivity contribution >= 4 is 27.5 Å². The van der Waals surface area contributed by atoms with Crippen molar-refractivity contribution in [3.05, 3.63) is 26.6 Å². The standard InChI is InChI=1S/C21H31N3O3S/c1-5-13(3)11-16-14(4)28-20-18(16)19(25)22-17(23-20)12-24-9-7-15(8-10-24)21(26)27-6-2/h13,15H,5-12H2,1-4H3,(H,22,23,25)/t13-/m1/s1. The molecule has 2 aromatic heterocycles. The van der Waals surface area contributed by atoms with Gasteiger partial charge in [0.2, 0.25) is 0 Å². The highest BCUT2D eigenvalue weighted by atomic mass is 32.1. The predicted octanol–water partition coefficient (Wildman–Crippen LogP) is 3.66. The highest BCUT2D eigenvalue weighted by Gasteiger charge is 2.26. The first-order valence-corrected chi connectivity index (χ1v) is 11.1. The number of fused-ring (bicyclic) bond motifs is 1. The number of carbonyl (C=O) groups excluding carboxylic acids is 1. The Morgan fingerprint density at radius 3 is 2.71 bits per heavy atom. The van der Waals surface area contributed by atoms with Crippen LogP contribution in [0.1, 0.15) is 56.3 Å². The fraction of sp³-hybridized carbons (Fsp3) is 0.667. The average molecular weight is 406 g/mol. The summed E-state index contributed by atoms with van der Waals surface area (Å²) in [6.07, 6.45) is 3.61. The normalized spacial score (nSPS) is 17.1. The van der Waals surface area contributed by atoms with E-state index in [1.54, 1.807) is 11.3 Å². The van der Waals surface area contributed by atoms with Gasteiger partial charge in [-0.3, -0.25) is 14.5 Å². The maximum atomic E-state index is 12.8. The number of ether oxygens (including phenoxy) is 1. The van der Waals surface area contributed by atoms with Crippen LogP contribution in [0.15, 0.2) is 4.79 Å². The number of thiophene rings is 1. The molecule has 1 fully saturated rings. The molecule has 6 nitrogen and oxygen atoms in total. The van der Waals surface area contributed by atoms with Gasteiger partial charge in [0.25, 0.3) is 5.56 Å². The van der Waals surface area contributed by atoms with E-state index in [2.05, 4.69) is 30.7 Å². The zero-order valence-electron chi connectivity index (χ0n) is 17.3. The van der Waals surface area contributed by atoms with Gasteiger partial charge in [-0.1, -0.05) is 20.3 Å². The zero-order valence-corrected chi connectivity index (χ0v) is 18.2. The summed E-state index contributed by atoms with van der Waals surface area (Å²) in [5, 5.41) is 0.771. The van der Waals surface area contributed by atoms with Gasteiger partial charge in [0.05, 0.1) is 24.5 Å². The predicted molar refractivity (Wildman–Crippen MR) is 113 cm³/mol. The van der Waals surface area contributed by atoms with Gasteiger partial charge in [-0.15, -0.1) is 11.3 Å². The minimum Gasteiger partial charge on any atom is -0.466 e. The number of piperidine rings is 1. The Morgan fingerprint density at radius 1 is 1.36 bits per heavy atom. The highest BCUT2D eigenvalue weighted by molar-refractivity contribution is 7.18. The summed E-state index contributed by atoms with van der Waals surface area (Å²) in [6, 6.07) is 0. The lowest BCUT2D eigenvalue weighted by atomic mass is 9.97. The Labute approximate surface area is 170 Å². The molecule has 154 valence electrons. The molecule has 7 heteroatoms. The molecule has 0 bridgehead atoms. The number of H-pyrrole nitrogens is 1. The Kier molecular flexibility index (Phi) is 6.88. The molecular weight excluding hydrogens is 374 g/mol. The molecule has 0 unspecified atom stereocenters. The molecule has 1 N–H and O–H groups in total. The van der Waals surface area contributed by atoms with Crippen LogP contribution in [0.5, 0.6) is 0 Å². The smallest absolute Gasteiger partial charge is 0.309 e. The highest BCUT2D eigenvalue weighted by Crippen LogP contribution is 2.30. The van der Waals surface area contributed by atoms with Gasteiger partial charge in [0, 0.05) is 4.88 Å². The summed E-state index contributed by atoms with van der Waals surface area (Å²) in [4.78, 5) is 36.7. The Bertz CT molecular complexity index is 881. The van der Waals surface area contributed by atoms with Crippen LogP contribution in [-0.4, -0.2) is 40.5 Å². The van der Waals surface area contributed by atoms with Crippen LogP contribution in [-0.2, 0) is 22.5 Å². The quantitative estimate of drug-likeness (QED) is 0.712. The molecular formula is C21H31N3O3S. The van der Waals surface area contributed by atoms with Crippen molar-refractivity contribution in [1.29, 1.82) is 0 Å². The topological polar surface area (TPSA) is 75.3 Å². The molecule has 1 aliphatic heterocycles. The van der Waals surface area contributed by atoms with Gasteiger partial charge in [0.1, 0.15) is 10.7 Å². The molecule has 1 aliphatic rings. The van der Waals surface area contributed by atoms with Crippen LogP contribution < -0.4 is 5.56 Å². The molecule has 0 aromatic carbocycles. The second-order valence-electron chi connectivity index (χ2n) is 7.85. The lowest BCUT2D eigenvalue weighted by Gasteiger charge is -2.30. The van der Waals surface area contributed by atoms with Crippen LogP contribution in [0.4, 0.5) is 0 Å². The van der Waals surface area contributed by atoms with E-state index in [0.29, 0.717) is 24.9 Å². The van der Waals surface area contributed by atoms with Crippen LogP contribution in [0, 0.1) is 18.8 Å². The van der Waals surface area contributed by atoms with Gasteiger partial charge in [0.15, 0.2) is 0 Å². The summed E-state index contributed by atoms with van der Waals surface area (Å²) >= 11 is 1.62. The van der Waals surface area contributed by atoms with E-state index in [-0.39, 0.29) is 17.4 Å². The number of likely N-dealkylation sites (tertiary alicyclic amines) is 1.